The van der Waals surface area contributed by atoms with Crippen molar-refractivity contribution in [3.05, 3.63) is 69.5 Å². The molecule has 1 aliphatic carbocycles. The summed E-state index contributed by atoms with van der Waals surface area (Å²) in [7, 11) is 1.80. The number of rotatable bonds is 7. The van der Waals surface area contributed by atoms with Crippen LogP contribution in [0, 0.1) is 17.7 Å². The third-order valence-corrected chi connectivity index (χ3v) is 9.02. The summed E-state index contributed by atoms with van der Waals surface area (Å²) in [5.41, 5.74) is 1.73. The van der Waals surface area contributed by atoms with Crippen LogP contribution in [0.2, 0.25) is 10.0 Å². The molecule has 1 saturated carbocycles. The fraction of sp³-hybridized carbons (Fsp3) is 0.517. The lowest BCUT2D eigenvalue weighted by atomic mass is 9.93. The Labute approximate surface area is 228 Å². The maximum absolute atomic E-state index is 13.6. The van der Waals surface area contributed by atoms with Crippen molar-refractivity contribution in [1.29, 1.82) is 0 Å². The van der Waals surface area contributed by atoms with E-state index in [9.17, 15) is 14.0 Å². The van der Waals surface area contributed by atoms with Crippen LogP contribution in [0.25, 0.3) is 0 Å². The Bertz CT molecular complexity index is 1130. The molecule has 2 aromatic rings. The van der Waals surface area contributed by atoms with Gasteiger partial charge in [0.2, 0.25) is 11.8 Å². The highest BCUT2D eigenvalue weighted by atomic mass is 35.5. The molecule has 3 aliphatic rings. The van der Waals surface area contributed by atoms with Gasteiger partial charge in [-0.05, 0) is 80.1 Å². The highest BCUT2D eigenvalue weighted by molar-refractivity contribution is 6.42. The molecule has 0 N–H and O–H groups in total. The Morgan fingerprint density at radius 1 is 0.973 bits per heavy atom. The fourth-order valence-corrected chi connectivity index (χ4v) is 6.11. The van der Waals surface area contributed by atoms with E-state index in [2.05, 4.69) is 4.90 Å². The smallest absolute Gasteiger partial charge is 0.227 e. The zero-order valence-corrected chi connectivity index (χ0v) is 22.7. The molecule has 5 rings (SSSR count). The lowest BCUT2D eigenvalue weighted by molar-refractivity contribution is -0.137. The number of likely N-dealkylation sites (N-methyl/N-ethyl adjacent to an activating group) is 1. The highest BCUT2D eigenvalue weighted by Gasteiger charge is 2.42. The second-order valence-corrected chi connectivity index (χ2v) is 11.7. The van der Waals surface area contributed by atoms with E-state index in [1.54, 1.807) is 30.1 Å². The van der Waals surface area contributed by atoms with Crippen molar-refractivity contribution in [1.82, 2.24) is 14.7 Å². The second kappa shape index (κ2) is 11.3. The first-order chi connectivity index (χ1) is 17.8. The van der Waals surface area contributed by atoms with Gasteiger partial charge in [-0.15, -0.1) is 0 Å². The number of nitrogens with zero attached hydrogens (tertiary/aromatic N) is 3. The third-order valence-electron chi connectivity index (χ3n) is 8.28. The molecule has 2 atom stereocenters. The van der Waals surface area contributed by atoms with Gasteiger partial charge in [-0.25, -0.2) is 4.39 Å². The molecule has 37 heavy (non-hydrogen) atoms. The normalized spacial score (nSPS) is 22.9. The quantitative estimate of drug-likeness (QED) is 0.477. The van der Waals surface area contributed by atoms with Crippen molar-refractivity contribution >= 4 is 35.0 Å². The molecule has 2 saturated heterocycles. The van der Waals surface area contributed by atoms with Crippen molar-refractivity contribution in [2.24, 2.45) is 11.8 Å². The van der Waals surface area contributed by atoms with Crippen LogP contribution < -0.4 is 0 Å². The number of benzene rings is 2. The number of carbonyl (C=O) groups is 2. The number of halogens is 3. The molecule has 5 nitrogen and oxygen atoms in total. The summed E-state index contributed by atoms with van der Waals surface area (Å²) < 4.78 is 13.3. The van der Waals surface area contributed by atoms with Crippen LogP contribution >= 0.6 is 23.2 Å². The van der Waals surface area contributed by atoms with Gasteiger partial charge in [-0.3, -0.25) is 9.59 Å². The zero-order valence-electron chi connectivity index (χ0n) is 21.2. The molecule has 2 heterocycles. The van der Waals surface area contributed by atoms with Gasteiger partial charge in [0.15, 0.2) is 0 Å². The second-order valence-electron chi connectivity index (χ2n) is 10.9. The van der Waals surface area contributed by atoms with E-state index in [1.807, 2.05) is 17.0 Å². The summed E-state index contributed by atoms with van der Waals surface area (Å²) in [4.78, 5) is 33.1. The summed E-state index contributed by atoms with van der Waals surface area (Å²) in [6, 6.07) is 11.4. The lowest BCUT2D eigenvalue weighted by Gasteiger charge is -2.33. The Balaban J connectivity index is 1.30. The number of hydrogen-bond acceptors (Lipinski definition) is 3. The molecule has 0 radical (unpaired) electrons. The van der Waals surface area contributed by atoms with E-state index in [4.69, 9.17) is 23.2 Å². The topological polar surface area (TPSA) is 43.9 Å². The third kappa shape index (κ3) is 6.30. The van der Waals surface area contributed by atoms with Gasteiger partial charge >= 0.3 is 0 Å². The number of likely N-dealkylation sites (tertiary alicyclic amines) is 2. The van der Waals surface area contributed by atoms with Crippen LogP contribution in [0.4, 0.5) is 4.39 Å². The predicted molar refractivity (Wildman–Crippen MR) is 144 cm³/mol. The average molecular weight is 547 g/mol. The van der Waals surface area contributed by atoms with Crippen LogP contribution in [0.1, 0.15) is 42.7 Å². The molecular formula is C29H34Cl2FN3O2. The average Bonchev–Trinajstić information content (AvgIpc) is 3.60. The number of hydrogen-bond donors (Lipinski definition) is 0. The lowest BCUT2D eigenvalue weighted by Crippen LogP contribution is -2.45. The van der Waals surface area contributed by atoms with Gasteiger partial charge in [0.1, 0.15) is 5.82 Å². The summed E-state index contributed by atoms with van der Waals surface area (Å²) in [5.74, 6) is 0.621. The van der Waals surface area contributed by atoms with Crippen LogP contribution in [-0.2, 0) is 16.0 Å². The minimum atomic E-state index is -0.326. The van der Waals surface area contributed by atoms with Gasteiger partial charge in [-0.1, -0.05) is 41.4 Å². The van der Waals surface area contributed by atoms with Crippen LogP contribution in [-0.4, -0.2) is 72.3 Å². The van der Waals surface area contributed by atoms with E-state index >= 15 is 0 Å². The molecule has 2 amide bonds. The maximum atomic E-state index is 13.6. The first-order valence-corrected chi connectivity index (χ1v) is 14.0. The first-order valence-electron chi connectivity index (χ1n) is 13.2. The monoisotopic (exact) mass is 545 g/mol. The van der Waals surface area contributed by atoms with Gasteiger partial charge in [0.05, 0.1) is 22.5 Å². The molecule has 0 bridgehead atoms. The first kappa shape index (κ1) is 26.5. The molecule has 8 heteroatoms. The van der Waals surface area contributed by atoms with E-state index in [0.717, 1.165) is 43.0 Å². The number of carbonyl (C=O) groups excluding carboxylic acids is 2. The fourth-order valence-electron chi connectivity index (χ4n) is 5.80. The highest BCUT2D eigenvalue weighted by Crippen LogP contribution is 2.36. The van der Waals surface area contributed by atoms with Gasteiger partial charge < -0.3 is 14.7 Å². The molecule has 198 valence electrons. The van der Waals surface area contributed by atoms with E-state index in [-0.39, 0.29) is 41.9 Å². The Morgan fingerprint density at radius 2 is 1.68 bits per heavy atom. The van der Waals surface area contributed by atoms with Gasteiger partial charge in [0, 0.05) is 38.5 Å². The standard InChI is InChI=1S/C29H34Cl2FN3O2/c1-33(28(36)14-19-4-7-23(32)8-5-19)27-18-35(17-24(27)22-6-9-25(30)26(31)15-22)29(37)21-10-12-34(13-11-21)16-20-2-3-20/h4-9,15,20-21,24,27H,2-3,10-14,16-18H2,1H3. The maximum Gasteiger partial charge on any atom is 0.227 e. The molecule has 0 spiro atoms. The SMILES string of the molecule is CN(C(=O)Cc1ccc(F)cc1)C1CN(C(=O)C2CCN(CC3CC3)CC2)CC1c1ccc(Cl)c(Cl)c1. The Morgan fingerprint density at radius 3 is 2.32 bits per heavy atom. The molecular weight excluding hydrogens is 512 g/mol. The largest absolute Gasteiger partial charge is 0.340 e. The Hall–Kier alpha value is -2.15. The van der Waals surface area contributed by atoms with Crippen molar-refractivity contribution in [3.63, 3.8) is 0 Å². The summed E-state index contributed by atoms with van der Waals surface area (Å²) in [6.07, 6.45) is 4.65. The van der Waals surface area contributed by atoms with Crippen molar-refractivity contribution < 1.29 is 14.0 Å². The van der Waals surface area contributed by atoms with Crippen LogP contribution in [0.15, 0.2) is 42.5 Å². The van der Waals surface area contributed by atoms with Crippen molar-refractivity contribution in [3.8, 4) is 0 Å². The molecule has 2 aliphatic heterocycles. The van der Waals surface area contributed by atoms with Gasteiger partial charge in [-0.2, -0.15) is 0 Å². The van der Waals surface area contributed by atoms with Crippen molar-refractivity contribution in [2.45, 2.75) is 44.1 Å². The molecule has 2 aromatic carbocycles. The van der Waals surface area contributed by atoms with Crippen LogP contribution in [0.5, 0.6) is 0 Å². The summed E-state index contributed by atoms with van der Waals surface area (Å²) >= 11 is 12.5. The van der Waals surface area contributed by atoms with E-state index in [1.165, 1.54) is 31.5 Å². The van der Waals surface area contributed by atoms with E-state index in [0.29, 0.717) is 23.1 Å². The molecule has 2 unspecified atom stereocenters. The van der Waals surface area contributed by atoms with Gasteiger partial charge in [0.25, 0.3) is 0 Å². The molecule has 3 fully saturated rings. The Kier molecular flexibility index (Phi) is 8.08. The van der Waals surface area contributed by atoms with E-state index < -0.39 is 0 Å². The summed E-state index contributed by atoms with van der Waals surface area (Å²) in [5, 5.41) is 0.942. The summed E-state index contributed by atoms with van der Waals surface area (Å²) in [6.45, 7) is 4.16. The minimum absolute atomic E-state index is 0.0314. The van der Waals surface area contributed by atoms with Crippen molar-refractivity contribution in [2.75, 3.05) is 39.8 Å². The number of amides is 2. The number of piperidine rings is 1. The zero-order chi connectivity index (χ0) is 26.1. The minimum Gasteiger partial charge on any atom is -0.340 e. The van der Waals surface area contributed by atoms with Crippen LogP contribution in [0.3, 0.4) is 0 Å². The predicted octanol–water partition coefficient (Wildman–Crippen LogP) is 5.25. The molecule has 0 aromatic heterocycles.